The number of hydrogen-bond acceptors (Lipinski definition) is 2. The predicted octanol–water partition coefficient (Wildman–Crippen LogP) is 3.30. The third kappa shape index (κ3) is 2.47. The molecule has 1 heterocycles. The zero-order valence-electron chi connectivity index (χ0n) is 9.98. The van der Waals surface area contributed by atoms with E-state index in [4.69, 9.17) is 0 Å². The van der Waals surface area contributed by atoms with Crippen molar-refractivity contribution in [3.63, 3.8) is 0 Å². The summed E-state index contributed by atoms with van der Waals surface area (Å²) in [6.07, 6.45) is 0. The Hall–Kier alpha value is -1.42. The van der Waals surface area contributed by atoms with Gasteiger partial charge in [0, 0.05) is 18.5 Å². The second kappa shape index (κ2) is 5.27. The van der Waals surface area contributed by atoms with Gasteiger partial charge in [-0.1, -0.05) is 0 Å². The molecule has 2 nitrogen and oxygen atoms in total. The minimum Gasteiger partial charge on any atom is -0.317 e. The Balaban J connectivity index is 2.52. The van der Waals surface area contributed by atoms with Crippen molar-refractivity contribution in [2.24, 2.45) is 4.99 Å². The van der Waals surface area contributed by atoms with Crippen LogP contribution < -0.4 is 4.80 Å². The van der Waals surface area contributed by atoms with E-state index in [1.54, 1.807) is 23.5 Å². The lowest BCUT2D eigenvalue weighted by Crippen LogP contribution is -2.15. The second-order valence-electron chi connectivity index (χ2n) is 3.63. The molecule has 0 bridgehead atoms. The van der Waals surface area contributed by atoms with Crippen molar-refractivity contribution >= 4 is 11.3 Å². The third-order valence-corrected chi connectivity index (χ3v) is 3.45. The lowest BCUT2D eigenvalue weighted by molar-refractivity contribution is 0.628. The maximum Gasteiger partial charge on any atom is 0.185 e. The van der Waals surface area contributed by atoms with Crippen LogP contribution in [0.3, 0.4) is 0 Å². The molecule has 0 amide bonds. The van der Waals surface area contributed by atoms with E-state index in [1.807, 2.05) is 6.92 Å². The van der Waals surface area contributed by atoms with Crippen molar-refractivity contribution < 1.29 is 4.39 Å². The Morgan fingerprint density at radius 1 is 1.24 bits per heavy atom. The lowest BCUT2D eigenvalue weighted by atomic mass is 10.2. The van der Waals surface area contributed by atoms with E-state index in [-0.39, 0.29) is 5.82 Å². The topological polar surface area (TPSA) is 17.3 Å². The van der Waals surface area contributed by atoms with Gasteiger partial charge in [0.05, 0.1) is 5.69 Å². The summed E-state index contributed by atoms with van der Waals surface area (Å²) in [6, 6.07) is 6.59. The maximum absolute atomic E-state index is 12.9. The molecule has 0 unspecified atom stereocenters. The molecule has 17 heavy (non-hydrogen) atoms. The average Bonchev–Trinajstić information content (AvgIpc) is 2.73. The third-order valence-electron chi connectivity index (χ3n) is 2.55. The van der Waals surface area contributed by atoms with Gasteiger partial charge in [-0.05, 0) is 43.7 Å². The molecule has 0 aliphatic heterocycles. The number of hydrogen-bond donors (Lipinski definition) is 0. The minimum atomic E-state index is -0.203. The van der Waals surface area contributed by atoms with Gasteiger partial charge in [0.25, 0.3) is 0 Å². The summed E-state index contributed by atoms with van der Waals surface area (Å²) < 4.78 is 15.0. The number of nitrogens with zero attached hydrogens (tertiary/aromatic N) is 2. The standard InChI is InChI=1S/C13H15FN2S/c1-3-15-13-16(4-2)12(9-17-13)10-5-7-11(14)8-6-10/h5-9H,3-4H2,1-2H3. The van der Waals surface area contributed by atoms with Gasteiger partial charge >= 0.3 is 0 Å². The average molecular weight is 250 g/mol. The number of benzene rings is 1. The molecular weight excluding hydrogens is 235 g/mol. The van der Waals surface area contributed by atoms with Crippen LogP contribution in [-0.2, 0) is 6.54 Å². The molecule has 2 rings (SSSR count). The first-order valence-electron chi connectivity index (χ1n) is 5.71. The summed E-state index contributed by atoms with van der Waals surface area (Å²) in [7, 11) is 0. The predicted molar refractivity (Wildman–Crippen MR) is 69.5 cm³/mol. The van der Waals surface area contributed by atoms with Gasteiger partial charge in [0.15, 0.2) is 4.80 Å². The van der Waals surface area contributed by atoms with Crippen molar-refractivity contribution in [2.75, 3.05) is 6.54 Å². The van der Waals surface area contributed by atoms with E-state index < -0.39 is 0 Å². The highest BCUT2D eigenvalue weighted by Crippen LogP contribution is 2.20. The highest BCUT2D eigenvalue weighted by molar-refractivity contribution is 7.07. The van der Waals surface area contributed by atoms with Gasteiger partial charge < -0.3 is 4.57 Å². The van der Waals surface area contributed by atoms with Crippen LogP contribution in [0.2, 0.25) is 0 Å². The van der Waals surface area contributed by atoms with Crippen molar-refractivity contribution in [3.8, 4) is 11.3 Å². The molecule has 0 N–H and O–H groups in total. The summed E-state index contributed by atoms with van der Waals surface area (Å²) in [5, 5.41) is 2.07. The first-order chi connectivity index (χ1) is 8.26. The van der Waals surface area contributed by atoms with Crippen LogP contribution in [-0.4, -0.2) is 11.1 Å². The molecule has 0 saturated heterocycles. The highest BCUT2D eigenvalue weighted by Gasteiger charge is 2.06. The first-order valence-corrected chi connectivity index (χ1v) is 6.59. The summed E-state index contributed by atoms with van der Waals surface area (Å²) in [6.45, 7) is 5.77. The van der Waals surface area contributed by atoms with Gasteiger partial charge in [-0.15, -0.1) is 11.3 Å². The number of aromatic nitrogens is 1. The van der Waals surface area contributed by atoms with Crippen LogP contribution >= 0.6 is 11.3 Å². The van der Waals surface area contributed by atoms with E-state index in [0.717, 1.165) is 29.1 Å². The smallest absolute Gasteiger partial charge is 0.185 e. The molecule has 90 valence electrons. The van der Waals surface area contributed by atoms with E-state index in [1.165, 1.54) is 12.1 Å². The van der Waals surface area contributed by atoms with Gasteiger partial charge in [0.2, 0.25) is 0 Å². The maximum atomic E-state index is 12.9. The summed E-state index contributed by atoms with van der Waals surface area (Å²) in [5.41, 5.74) is 2.13. The Morgan fingerprint density at radius 3 is 2.53 bits per heavy atom. The molecule has 0 aliphatic carbocycles. The molecule has 4 heteroatoms. The summed E-state index contributed by atoms with van der Waals surface area (Å²) >= 11 is 1.63. The molecule has 1 aromatic carbocycles. The Labute approximate surface area is 104 Å². The van der Waals surface area contributed by atoms with E-state index in [2.05, 4.69) is 21.9 Å². The van der Waals surface area contributed by atoms with Crippen molar-refractivity contribution in [1.82, 2.24) is 4.57 Å². The van der Waals surface area contributed by atoms with E-state index in [0.29, 0.717) is 0 Å². The van der Waals surface area contributed by atoms with E-state index >= 15 is 0 Å². The number of halogens is 1. The van der Waals surface area contributed by atoms with Gasteiger partial charge in [-0.3, -0.25) is 4.99 Å². The molecule has 1 aromatic heterocycles. The zero-order chi connectivity index (χ0) is 12.3. The first kappa shape index (κ1) is 12.0. The zero-order valence-corrected chi connectivity index (χ0v) is 10.8. The molecule has 0 atom stereocenters. The van der Waals surface area contributed by atoms with Crippen molar-refractivity contribution in [3.05, 3.63) is 40.3 Å². The Bertz CT molecular complexity index is 552. The number of rotatable bonds is 3. The molecule has 0 spiro atoms. The van der Waals surface area contributed by atoms with Crippen LogP contribution in [0.5, 0.6) is 0 Å². The lowest BCUT2D eigenvalue weighted by Gasteiger charge is -2.05. The van der Waals surface area contributed by atoms with Gasteiger partial charge in [0.1, 0.15) is 5.82 Å². The fourth-order valence-corrected chi connectivity index (χ4v) is 2.79. The number of thiazole rings is 1. The molecule has 0 aliphatic rings. The monoisotopic (exact) mass is 250 g/mol. The van der Waals surface area contributed by atoms with Crippen LogP contribution in [0.4, 0.5) is 4.39 Å². The van der Waals surface area contributed by atoms with Crippen molar-refractivity contribution in [1.29, 1.82) is 0 Å². The summed E-state index contributed by atoms with van der Waals surface area (Å²) in [4.78, 5) is 5.47. The van der Waals surface area contributed by atoms with Crippen LogP contribution in [0.15, 0.2) is 34.6 Å². The van der Waals surface area contributed by atoms with Crippen LogP contribution in [0, 0.1) is 5.82 Å². The quantitative estimate of drug-likeness (QED) is 0.795. The highest BCUT2D eigenvalue weighted by atomic mass is 32.1. The van der Waals surface area contributed by atoms with Crippen LogP contribution in [0.1, 0.15) is 13.8 Å². The minimum absolute atomic E-state index is 0.203. The summed E-state index contributed by atoms with van der Waals surface area (Å²) in [5.74, 6) is -0.203. The molecule has 0 radical (unpaired) electrons. The molecule has 0 fully saturated rings. The Kier molecular flexibility index (Phi) is 3.74. The van der Waals surface area contributed by atoms with Gasteiger partial charge in [-0.25, -0.2) is 4.39 Å². The Morgan fingerprint density at radius 2 is 1.94 bits per heavy atom. The van der Waals surface area contributed by atoms with Crippen LogP contribution in [0.25, 0.3) is 11.3 Å². The fraction of sp³-hybridized carbons (Fsp3) is 0.308. The molecular formula is C13H15FN2S. The second-order valence-corrected chi connectivity index (χ2v) is 4.47. The fourth-order valence-electron chi connectivity index (χ4n) is 1.75. The molecule has 2 aromatic rings. The van der Waals surface area contributed by atoms with Crippen molar-refractivity contribution in [2.45, 2.75) is 20.4 Å². The van der Waals surface area contributed by atoms with E-state index in [9.17, 15) is 4.39 Å². The van der Waals surface area contributed by atoms with Gasteiger partial charge in [-0.2, -0.15) is 0 Å². The SMILES string of the molecule is CCN=c1scc(-c2ccc(F)cc2)n1CC. The normalized spacial score (nSPS) is 12.1. The largest absolute Gasteiger partial charge is 0.317 e. The molecule has 0 saturated carbocycles.